The van der Waals surface area contributed by atoms with Crippen molar-refractivity contribution in [1.82, 2.24) is 4.98 Å². The number of carbonyl (C=O) groups is 1. The molecule has 0 aliphatic heterocycles. The number of hydrogen-bond donors (Lipinski definition) is 1. The molecule has 1 amide bonds. The van der Waals surface area contributed by atoms with Crippen molar-refractivity contribution in [3.05, 3.63) is 126 Å². The number of hydrogen-bond acceptors (Lipinski definition) is 2. The van der Waals surface area contributed by atoms with Gasteiger partial charge >= 0.3 is 6.18 Å². The van der Waals surface area contributed by atoms with Gasteiger partial charge in [0.25, 0.3) is 0 Å². The fourth-order valence-corrected chi connectivity index (χ4v) is 3.45. The Morgan fingerprint density at radius 2 is 1.58 bits per heavy atom. The lowest BCUT2D eigenvalue weighted by molar-refractivity contribution is -0.137. The first-order valence-corrected chi connectivity index (χ1v) is 10.2. The van der Waals surface area contributed by atoms with Crippen LogP contribution < -0.4 is 5.32 Å². The number of nitrogens with zero attached hydrogens (tertiary/aromatic N) is 1. The van der Waals surface area contributed by atoms with Crippen LogP contribution in [-0.4, -0.2) is 10.9 Å². The van der Waals surface area contributed by atoms with E-state index < -0.39 is 11.7 Å². The van der Waals surface area contributed by atoms with E-state index in [1.54, 1.807) is 24.5 Å². The number of alkyl halides is 3. The van der Waals surface area contributed by atoms with Crippen molar-refractivity contribution in [3.63, 3.8) is 0 Å². The molecule has 4 rings (SSSR count). The van der Waals surface area contributed by atoms with Crippen molar-refractivity contribution in [1.29, 1.82) is 0 Å². The van der Waals surface area contributed by atoms with Crippen LogP contribution in [0.2, 0.25) is 0 Å². The van der Waals surface area contributed by atoms with Gasteiger partial charge < -0.3 is 5.32 Å². The Kier molecular flexibility index (Phi) is 6.36. The van der Waals surface area contributed by atoms with Gasteiger partial charge in [0.2, 0.25) is 5.91 Å². The van der Waals surface area contributed by atoms with E-state index >= 15 is 0 Å². The minimum Gasteiger partial charge on any atom is -0.322 e. The molecule has 1 aromatic heterocycles. The van der Waals surface area contributed by atoms with Crippen LogP contribution in [0.15, 0.2) is 109 Å². The quantitative estimate of drug-likeness (QED) is 0.269. The standard InChI is InChI=1S/C27H19F3N2O/c28-27(29,30)22-14-12-20(13-15-22)23(19-6-2-1-3-7-19)9-5-11-26(33)32-25-10-4-8-21-18-31-17-16-24(21)25/h1-18H,(H,32,33)/b11-5+,23-9+. The van der Waals surface area contributed by atoms with Crippen molar-refractivity contribution >= 4 is 27.9 Å². The van der Waals surface area contributed by atoms with E-state index in [1.807, 2.05) is 54.6 Å². The Morgan fingerprint density at radius 1 is 0.848 bits per heavy atom. The number of amides is 1. The molecule has 0 unspecified atom stereocenters. The van der Waals surface area contributed by atoms with Crippen LogP contribution in [0, 0.1) is 0 Å². The number of fused-ring (bicyclic) bond motifs is 1. The molecule has 0 spiro atoms. The predicted molar refractivity (Wildman–Crippen MR) is 124 cm³/mol. The average Bonchev–Trinajstić information content (AvgIpc) is 2.82. The number of halogens is 3. The normalized spacial score (nSPS) is 12.3. The SMILES string of the molecule is O=C(/C=C/C=C(\c1ccccc1)c1ccc(C(F)(F)F)cc1)Nc1cccc2cnccc12. The van der Waals surface area contributed by atoms with E-state index in [4.69, 9.17) is 0 Å². The molecule has 3 nitrogen and oxygen atoms in total. The van der Waals surface area contributed by atoms with Crippen molar-refractivity contribution in [2.24, 2.45) is 0 Å². The maximum atomic E-state index is 12.9. The molecule has 6 heteroatoms. The highest BCUT2D eigenvalue weighted by atomic mass is 19.4. The summed E-state index contributed by atoms with van der Waals surface area (Å²) < 4.78 is 38.8. The molecule has 0 aliphatic rings. The fraction of sp³-hybridized carbons (Fsp3) is 0.0370. The van der Waals surface area contributed by atoms with Gasteiger partial charge in [0.1, 0.15) is 0 Å². The lowest BCUT2D eigenvalue weighted by Crippen LogP contribution is -2.08. The Hall–Kier alpha value is -4.19. The van der Waals surface area contributed by atoms with E-state index in [9.17, 15) is 18.0 Å². The van der Waals surface area contributed by atoms with Gasteiger partial charge in [0.15, 0.2) is 0 Å². The number of anilines is 1. The second kappa shape index (κ2) is 9.53. The summed E-state index contributed by atoms with van der Waals surface area (Å²) in [5, 5.41) is 4.64. The first-order valence-electron chi connectivity index (χ1n) is 10.2. The summed E-state index contributed by atoms with van der Waals surface area (Å²) in [6, 6.07) is 21.6. The maximum Gasteiger partial charge on any atom is 0.416 e. The number of allylic oxidation sites excluding steroid dienone is 2. The molecule has 1 heterocycles. The van der Waals surface area contributed by atoms with Gasteiger partial charge in [-0.1, -0.05) is 66.7 Å². The molecule has 33 heavy (non-hydrogen) atoms. The number of aromatic nitrogens is 1. The van der Waals surface area contributed by atoms with E-state index in [2.05, 4.69) is 10.3 Å². The molecule has 0 fully saturated rings. The molecule has 0 aliphatic carbocycles. The first-order chi connectivity index (χ1) is 15.9. The molecule has 0 atom stereocenters. The summed E-state index contributed by atoms with van der Waals surface area (Å²) in [4.78, 5) is 16.6. The molecule has 0 saturated carbocycles. The zero-order valence-corrected chi connectivity index (χ0v) is 17.4. The largest absolute Gasteiger partial charge is 0.416 e. The first kappa shape index (κ1) is 22.0. The van der Waals surface area contributed by atoms with E-state index in [1.165, 1.54) is 18.2 Å². The molecule has 1 N–H and O–H groups in total. The second-order valence-electron chi connectivity index (χ2n) is 7.27. The molecule has 4 aromatic rings. The van der Waals surface area contributed by atoms with Crippen molar-refractivity contribution in [2.75, 3.05) is 5.32 Å². The lowest BCUT2D eigenvalue weighted by Gasteiger charge is -2.11. The average molecular weight is 444 g/mol. The highest BCUT2D eigenvalue weighted by Crippen LogP contribution is 2.31. The summed E-state index contributed by atoms with van der Waals surface area (Å²) in [7, 11) is 0. The van der Waals surface area contributed by atoms with Gasteiger partial charge in [-0.3, -0.25) is 9.78 Å². The Balaban J connectivity index is 1.59. The summed E-state index contributed by atoms with van der Waals surface area (Å²) >= 11 is 0. The third-order valence-corrected chi connectivity index (χ3v) is 5.06. The highest BCUT2D eigenvalue weighted by molar-refractivity contribution is 6.06. The van der Waals surface area contributed by atoms with Crippen LogP contribution in [0.25, 0.3) is 16.3 Å². The topological polar surface area (TPSA) is 42.0 Å². The van der Waals surface area contributed by atoms with Gasteiger partial charge in [-0.05, 0) is 41.0 Å². The third-order valence-electron chi connectivity index (χ3n) is 5.06. The van der Waals surface area contributed by atoms with Crippen LogP contribution in [0.3, 0.4) is 0 Å². The number of pyridine rings is 1. The lowest BCUT2D eigenvalue weighted by atomic mass is 9.96. The molecule has 3 aromatic carbocycles. The Morgan fingerprint density at radius 3 is 2.30 bits per heavy atom. The number of benzene rings is 3. The second-order valence-corrected chi connectivity index (χ2v) is 7.27. The smallest absolute Gasteiger partial charge is 0.322 e. The van der Waals surface area contributed by atoms with Gasteiger partial charge in [-0.15, -0.1) is 0 Å². The minimum absolute atomic E-state index is 0.324. The monoisotopic (exact) mass is 444 g/mol. The number of nitrogens with one attached hydrogen (secondary N) is 1. The summed E-state index contributed by atoms with van der Waals surface area (Å²) in [6.45, 7) is 0. The van der Waals surface area contributed by atoms with Crippen LogP contribution in [0.1, 0.15) is 16.7 Å². The van der Waals surface area contributed by atoms with Crippen molar-refractivity contribution in [2.45, 2.75) is 6.18 Å². The molecule has 164 valence electrons. The van der Waals surface area contributed by atoms with Gasteiger partial charge in [-0.2, -0.15) is 13.2 Å². The van der Waals surface area contributed by atoms with Gasteiger partial charge in [-0.25, -0.2) is 0 Å². The summed E-state index contributed by atoms with van der Waals surface area (Å²) in [5.41, 5.74) is 2.09. The number of carbonyl (C=O) groups excluding carboxylic acids is 1. The van der Waals surface area contributed by atoms with E-state index in [-0.39, 0.29) is 5.91 Å². The Labute approximate surface area is 188 Å². The number of rotatable bonds is 5. The molecule has 0 radical (unpaired) electrons. The molecular formula is C27H19F3N2O. The van der Waals surface area contributed by atoms with Crippen molar-refractivity contribution in [3.8, 4) is 0 Å². The minimum atomic E-state index is -4.40. The summed E-state index contributed by atoms with van der Waals surface area (Å²) in [5.74, 6) is -0.324. The summed E-state index contributed by atoms with van der Waals surface area (Å²) in [6.07, 6.45) is 3.66. The van der Waals surface area contributed by atoms with Crippen LogP contribution in [0.5, 0.6) is 0 Å². The van der Waals surface area contributed by atoms with Crippen LogP contribution in [-0.2, 0) is 11.0 Å². The zero-order chi connectivity index (χ0) is 23.3. The van der Waals surface area contributed by atoms with Crippen LogP contribution >= 0.6 is 0 Å². The van der Waals surface area contributed by atoms with Gasteiger partial charge in [0, 0.05) is 34.9 Å². The maximum absolute atomic E-state index is 12.9. The fourth-order valence-electron chi connectivity index (χ4n) is 3.45. The molecule has 0 saturated heterocycles. The molecular weight excluding hydrogens is 425 g/mol. The molecule has 0 bridgehead atoms. The van der Waals surface area contributed by atoms with Crippen LogP contribution in [0.4, 0.5) is 18.9 Å². The van der Waals surface area contributed by atoms with E-state index in [0.29, 0.717) is 16.8 Å². The van der Waals surface area contributed by atoms with E-state index in [0.717, 1.165) is 28.5 Å². The van der Waals surface area contributed by atoms with Gasteiger partial charge in [0.05, 0.1) is 5.56 Å². The third kappa shape index (κ3) is 5.36. The van der Waals surface area contributed by atoms with Crippen molar-refractivity contribution < 1.29 is 18.0 Å². The predicted octanol–water partition coefficient (Wildman–Crippen LogP) is 6.88. The highest BCUT2D eigenvalue weighted by Gasteiger charge is 2.30. The Bertz CT molecular complexity index is 1320. The zero-order valence-electron chi connectivity index (χ0n) is 17.4.